The molecule has 0 spiro atoms. The monoisotopic (exact) mass is 329 g/mol. The normalized spacial score (nSPS) is 11.2. The third-order valence-corrected chi connectivity index (χ3v) is 9.15. The van der Waals surface area contributed by atoms with Gasteiger partial charge in [0.15, 0.2) is 0 Å². The van der Waals surface area contributed by atoms with E-state index in [1.54, 1.807) is 5.56 Å². The summed E-state index contributed by atoms with van der Waals surface area (Å²) in [6.07, 6.45) is 14.4. The molecule has 0 saturated heterocycles. The molecule has 21 heavy (non-hydrogen) atoms. The van der Waals surface area contributed by atoms with Crippen molar-refractivity contribution in [3.8, 4) is 0 Å². The van der Waals surface area contributed by atoms with Crippen LogP contribution in [0.25, 0.3) is 0 Å². The molecule has 1 rings (SSSR count). The Hall–Kier alpha value is -0.0600. The average Bonchev–Trinajstić information content (AvgIpc) is 2.49. The fraction of sp³-hybridized carbons (Fsp3) is 0.684. The molecule has 1 aromatic rings. The van der Waals surface area contributed by atoms with E-state index in [1.807, 2.05) is 0 Å². The van der Waals surface area contributed by atoms with Crippen molar-refractivity contribution < 1.29 is 0 Å². The highest BCUT2D eigenvalue weighted by Crippen LogP contribution is 2.63. The van der Waals surface area contributed by atoms with E-state index in [-0.39, 0.29) is 12.4 Å². The lowest BCUT2D eigenvalue weighted by atomic mass is 10.2. The van der Waals surface area contributed by atoms with E-state index in [4.69, 9.17) is 0 Å². The number of hydrogen-bond donors (Lipinski definition) is 0. The van der Waals surface area contributed by atoms with Gasteiger partial charge in [-0.25, -0.2) is 0 Å². The Kier molecular flexibility index (Phi) is 12.4. The lowest BCUT2D eigenvalue weighted by Crippen LogP contribution is -2.11. The predicted octanol–water partition coefficient (Wildman–Crippen LogP) is 7.03. The van der Waals surface area contributed by atoms with Crippen molar-refractivity contribution in [1.29, 1.82) is 0 Å². The highest BCUT2D eigenvalue weighted by Gasteiger charge is 2.35. The van der Waals surface area contributed by atoms with Crippen LogP contribution in [0.15, 0.2) is 30.3 Å². The Bertz CT molecular complexity index is 315. The molecular formula is C19H35ClP+. The molecule has 0 fully saturated rings. The fourth-order valence-electron chi connectivity index (χ4n) is 3.02. The maximum atomic E-state index is 2.35. The highest BCUT2D eigenvalue weighted by atomic mass is 35.5. The topological polar surface area (TPSA) is 0 Å². The summed E-state index contributed by atoms with van der Waals surface area (Å²) in [4.78, 5) is 0. The van der Waals surface area contributed by atoms with Crippen molar-refractivity contribution in [2.24, 2.45) is 0 Å². The third-order valence-electron chi connectivity index (χ3n) is 4.32. The molecule has 122 valence electrons. The van der Waals surface area contributed by atoms with Crippen LogP contribution in [-0.4, -0.2) is 18.5 Å². The van der Waals surface area contributed by atoms with Gasteiger partial charge in [-0.2, -0.15) is 0 Å². The molecule has 0 amide bonds. The van der Waals surface area contributed by atoms with Gasteiger partial charge in [0, 0.05) is 7.26 Å². The van der Waals surface area contributed by atoms with E-state index >= 15 is 0 Å². The first-order valence-electron chi connectivity index (χ1n) is 8.65. The zero-order valence-corrected chi connectivity index (χ0v) is 16.0. The first-order valence-corrected chi connectivity index (χ1v) is 11.2. The molecule has 0 atom stereocenters. The van der Waals surface area contributed by atoms with Gasteiger partial charge in [-0.3, -0.25) is 0 Å². The van der Waals surface area contributed by atoms with E-state index in [1.165, 1.54) is 63.2 Å². The minimum Gasteiger partial charge on any atom is -0.147 e. The average molecular weight is 330 g/mol. The Balaban J connectivity index is 0.00000400. The van der Waals surface area contributed by atoms with Gasteiger partial charge in [-0.15, -0.1) is 12.4 Å². The second kappa shape index (κ2) is 12.5. The molecule has 0 saturated carbocycles. The highest BCUT2D eigenvalue weighted by molar-refractivity contribution is 7.75. The Labute approximate surface area is 139 Å². The first-order chi connectivity index (χ1) is 9.76. The van der Waals surface area contributed by atoms with Crippen LogP contribution in [0.1, 0.15) is 64.9 Å². The van der Waals surface area contributed by atoms with Crippen LogP contribution < -0.4 is 0 Å². The molecule has 0 bridgehead atoms. The van der Waals surface area contributed by atoms with Crippen LogP contribution in [-0.2, 0) is 6.16 Å². The molecular weight excluding hydrogens is 295 g/mol. The van der Waals surface area contributed by atoms with Crippen LogP contribution in [0.4, 0.5) is 0 Å². The van der Waals surface area contributed by atoms with Gasteiger partial charge >= 0.3 is 0 Å². The second-order valence-corrected chi connectivity index (χ2v) is 10.6. The predicted molar refractivity (Wildman–Crippen MR) is 104 cm³/mol. The molecule has 1 aromatic carbocycles. The molecule has 0 aliphatic carbocycles. The Morgan fingerprint density at radius 2 is 1.14 bits per heavy atom. The number of hydrogen-bond acceptors (Lipinski definition) is 0. The van der Waals surface area contributed by atoms with Crippen molar-refractivity contribution in [3.05, 3.63) is 35.9 Å². The minimum atomic E-state index is -0.768. The maximum Gasteiger partial charge on any atom is 0.0842 e. The fourth-order valence-corrected chi connectivity index (χ4v) is 8.12. The zero-order valence-electron chi connectivity index (χ0n) is 14.3. The van der Waals surface area contributed by atoms with Gasteiger partial charge in [-0.1, -0.05) is 70.4 Å². The van der Waals surface area contributed by atoms with Crippen LogP contribution in [0.3, 0.4) is 0 Å². The lowest BCUT2D eigenvalue weighted by molar-refractivity contribution is 0.832. The number of benzene rings is 1. The Morgan fingerprint density at radius 1 is 0.714 bits per heavy atom. The van der Waals surface area contributed by atoms with Gasteiger partial charge in [0.2, 0.25) is 0 Å². The van der Waals surface area contributed by atoms with Crippen molar-refractivity contribution in [2.45, 2.75) is 65.5 Å². The molecule has 0 aliphatic heterocycles. The van der Waals surface area contributed by atoms with E-state index in [0.29, 0.717) is 0 Å². The minimum absolute atomic E-state index is 0. The molecule has 0 N–H and O–H groups in total. The number of rotatable bonds is 11. The molecule has 0 unspecified atom stereocenters. The summed E-state index contributed by atoms with van der Waals surface area (Å²) in [6.45, 7) is 7.03. The zero-order chi connectivity index (χ0) is 14.7. The van der Waals surface area contributed by atoms with E-state index < -0.39 is 7.26 Å². The van der Waals surface area contributed by atoms with E-state index in [9.17, 15) is 0 Å². The van der Waals surface area contributed by atoms with Gasteiger partial charge in [0.25, 0.3) is 0 Å². The summed E-state index contributed by atoms with van der Waals surface area (Å²) in [5, 5.41) is 0. The van der Waals surface area contributed by atoms with Crippen LogP contribution in [0.5, 0.6) is 0 Å². The lowest BCUT2D eigenvalue weighted by Gasteiger charge is -2.28. The van der Waals surface area contributed by atoms with Crippen molar-refractivity contribution >= 4 is 19.7 Å². The van der Waals surface area contributed by atoms with Crippen molar-refractivity contribution in [3.63, 3.8) is 0 Å². The molecule has 0 aromatic heterocycles. The molecule has 0 heterocycles. The standard InChI is InChI=1S/C19H34P.ClH/c1-4-7-15-20(16-8-5-2,17-9-6-3)18-19-13-11-10-12-14-19;/h10-14H,4-9,15-18H2,1-3H3;1H/q+1;. The third kappa shape index (κ3) is 8.22. The molecule has 2 heteroatoms. The summed E-state index contributed by atoms with van der Waals surface area (Å²) in [5.41, 5.74) is 1.59. The molecule has 0 aliphatic rings. The largest absolute Gasteiger partial charge is 0.147 e. The van der Waals surface area contributed by atoms with Crippen LogP contribution >= 0.6 is 19.7 Å². The molecule has 0 nitrogen and oxygen atoms in total. The Morgan fingerprint density at radius 3 is 1.52 bits per heavy atom. The number of unbranched alkanes of at least 4 members (excludes halogenated alkanes) is 3. The smallest absolute Gasteiger partial charge is 0.0842 e. The summed E-state index contributed by atoms with van der Waals surface area (Å²) in [5.74, 6) is 0. The summed E-state index contributed by atoms with van der Waals surface area (Å²) < 4.78 is 0. The van der Waals surface area contributed by atoms with Gasteiger partial charge in [0.05, 0.1) is 24.6 Å². The van der Waals surface area contributed by atoms with Crippen LogP contribution in [0.2, 0.25) is 0 Å². The van der Waals surface area contributed by atoms with Crippen molar-refractivity contribution in [1.82, 2.24) is 0 Å². The quantitative estimate of drug-likeness (QED) is 0.382. The van der Waals surface area contributed by atoms with Crippen LogP contribution in [0, 0.1) is 0 Å². The summed E-state index contributed by atoms with van der Waals surface area (Å²) in [6, 6.07) is 11.3. The van der Waals surface area contributed by atoms with Crippen molar-refractivity contribution in [2.75, 3.05) is 18.5 Å². The van der Waals surface area contributed by atoms with E-state index in [0.717, 1.165) is 0 Å². The van der Waals surface area contributed by atoms with Gasteiger partial charge in [-0.05, 0) is 24.8 Å². The first kappa shape index (κ1) is 20.9. The van der Waals surface area contributed by atoms with Gasteiger partial charge in [0.1, 0.15) is 0 Å². The summed E-state index contributed by atoms with van der Waals surface area (Å²) in [7, 11) is -0.768. The second-order valence-electron chi connectivity index (χ2n) is 6.22. The maximum absolute atomic E-state index is 2.35. The SMILES string of the molecule is CCCC[P+](CCCC)(CCCC)Cc1ccccc1.Cl. The number of halogens is 1. The van der Waals surface area contributed by atoms with Gasteiger partial charge < -0.3 is 0 Å². The summed E-state index contributed by atoms with van der Waals surface area (Å²) >= 11 is 0. The molecule has 0 radical (unpaired) electrons. The van der Waals surface area contributed by atoms with E-state index in [2.05, 4.69) is 51.1 Å².